The predicted octanol–water partition coefficient (Wildman–Crippen LogP) is 3.13. The number of benzene rings is 1. The summed E-state index contributed by atoms with van der Waals surface area (Å²) in [5.41, 5.74) is 0.978. The van der Waals surface area contributed by atoms with Gasteiger partial charge in [-0.1, -0.05) is 18.6 Å². The number of rotatable bonds is 3. The van der Waals surface area contributed by atoms with Gasteiger partial charge in [0.05, 0.1) is 17.6 Å². The van der Waals surface area contributed by atoms with Crippen LogP contribution in [0.25, 0.3) is 0 Å². The van der Waals surface area contributed by atoms with Gasteiger partial charge in [0, 0.05) is 5.56 Å². The number of carbonyl (C=O) groups is 2. The van der Waals surface area contributed by atoms with Gasteiger partial charge in [-0.15, -0.1) is 0 Å². The highest BCUT2D eigenvalue weighted by Crippen LogP contribution is 2.27. The average Bonchev–Trinajstić information content (AvgIpc) is 2.48. The van der Waals surface area contributed by atoms with Crippen molar-refractivity contribution in [3.05, 3.63) is 35.4 Å². The van der Waals surface area contributed by atoms with E-state index in [4.69, 9.17) is 10.00 Å². The molecule has 1 aliphatic carbocycles. The second kappa shape index (κ2) is 6.33. The molecular formula is C16H17NO3. The van der Waals surface area contributed by atoms with Crippen LogP contribution in [0.15, 0.2) is 24.3 Å². The van der Waals surface area contributed by atoms with Crippen LogP contribution in [0.4, 0.5) is 0 Å². The van der Waals surface area contributed by atoms with Crippen LogP contribution in [0.5, 0.6) is 0 Å². The van der Waals surface area contributed by atoms with E-state index in [1.807, 2.05) is 0 Å². The van der Waals surface area contributed by atoms with E-state index in [1.165, 1.54) is 6.92 Å². The summed E-state index contributed by atoms with van der Waals surface area (Å²) in [6.45, 7) is 1.48. The molecule has 2 atom stereocenters. The maximum atomic E-state index is 12.0. The number of hydrogen-bond donors (Lipinski definition) is 0. The monoisotopic (exact) mass is 271 g/mol. The molecule has 1 aliphatic rings. The van der Waals surface area contributed by atoms with E-state index >= 15 is 0 Å². The first kappa shape index (κ1) is 14.3. The average molecular weight is 271 g/mol. The molecule has 104 valence electrons. The molecule has 0 heterocycles. The molecule has 0 bridgehead atoms. The first-order valence-corrected chi connectivity index (χ1v) is 6.83. The Kier molecular flexibility index (Phi) is 4.52. The molecule has 0 N–H and O–H groups in total. The van der Waals surface area contributed by atoms with Crippen LogP contribution in [0.3, 0.4) is 0 Å². The molecule has 0 unspecified atom stereocenters. The van der Waals surface area contributed by atoms with Gasteiger partial charge >= 0.3 is 5.97 Å². The van der Waals surface area contributed by atoms with Gasteiger partial charge in [-0.2, -0.15) is 5.26 Å². The highest BCUT2D eigenvalue weighted by Gasteiger charge is 2.28. The fourth-order valence-electron chi connectivity index (χ4n) is 2.43. The van der Waals surface area contributed by atoms with Crippen molar-refractivity contribution in [1.82, 2.24) is 0 Å². The van der Waals surface area contributed by atoms with Crippen LogP contribution in [-0.4, -0.2) is 17.9 Å². The van der Waals surface area contributed by atoms with Gasteiger partial charge in [0.15, 0.2) is 5.78 Å². The van der Waals surface area contributed by atoms with E-state index in [1.54, 1.807) is 24.3 Å². The third-order valence-corrected chi connectivity index (χ3v) is 3.65. The Balaban J connectivity index is 2.04. The van der Waals surface area contributed by atoms with Crippen molar-refractivity contribution >= 4 is 11.8 Å². The SMILES string of the molecule is CC(=O)c1ccc(C(=O)O[C@@H]2CCCC[C@@H]2C#N)cc1. The molecule has 1 fully saturated rings. The minimum Gasteiger partial charge on any atom is -0.457 e. The van der Waals surface area contributed by atoms with Gasteiger partial charge in [-0.25, -0.2) is 4.79 Å². The number of carbonyl (C=O) groups excluding carboxylic acids is 2. The topological polar surface area (TPSA) is 67.2 Å². The normalized spacial score (nSPS) is 21.8. The number of nitriles is 1. The van der Waals surface area contributed by atoms with E-state index in [0.29, 0.717) is 11.1 Å². The van der Waals surface area contributed by atoms with Gasteiger partial charge in [-0.3, -0.25) is 4.79 Å². The zero-order valence-corrected chi connectivity index (χ0v) is 11.5. The van der Waals surface area contributed by atoms with Gasteiger partial charge in [0.25, 0.3) is 0 Å². The molecule has 20 heavy (non-hydrogen) atoms. The van der Waals surface area contributed by atoms with Gasteiger partial charge in [0.1, 0.15) is 6.10 Å². The summed E-state index contributed by atoms with van der Waals surface area (Å²) >= 11 is 0. The standard InChI is InChI=1S/C16H17NO3/c1-11(18)12-6-8-13(9-7-12)16(19)20-15-5-3-2-4-14(15)10-17/h6-9,14-15H,2-5H2,1H3/t14-,15-/m1/s1. The van der Waals surface area contributed by atoms with Gasteiger partial charge < -0.3 is 4.74 Å². The smallest absolute Gasteiger partial charge is 0.338 e. The lowest BCUT2D eigenvalue weighted by molar-refractivity contribution is 0.0107. The zero-order valence-electron chi connectivity index (χ0n) is 11.5. The van der Waals surface area contributed by atoms with Crippen molar-refractivity contribution in [2.45, 2.75) is 38.7 Å². The molecule has 0 radical (unpaired) electrons. The molecule has 2 rings (SSSR count). The third kappa shape index (κ3) is 3.24. The van der Waals surface area contributed by atoms with E-state index in [0.717, 1.165) is 25.7 Å². The summed E-state index contributed by atoms with van der Waals surface area (Å²) in [5, 5.41) is 9.06. The Morgan fingerprint density at radius 3 is 2.35 bits per heavy atom. The molecule has 0 aromatic heterocycles. The lowest BCUT2D eigenvalue weighted by Crippen LogP contribution is -2.29. The minimum atomic E-state index is -0.424. The van der Waals surface area contributed by atoms with E-state index in [2.05, 4.69) is 6.07 Å². The number of ether oxygens (including phenoxy) is 1. The molecular weight excluding hydrogens is 254 g/mol. The molecule has 1 aromatic rings. The van der Waals surface area contributed by atoms with Crippen molar-refractivity contribution in [3.63, 3.8) is 0 Å². The molecule has 4 heteroatoms. The lowest BCUT2D eigenvalue weighted by atomic mass is 9.87. The maximum absolute atomic E-state index is 12.0. The van der Waals surface area contributed by atoms with E-state index in [9.17, 15) is 9.59 Å². The highest BCUT2D eigenvalue weighted by atomic mass is 16.5. The van der Waals surface area contributed by atoms with Crippen LogP contribution in [0.2, 0.25) is 0 Å². The highest BCUT2D eigenvalue weighted by molar-refractivity contribution is 5.96. The summed E-state index contributed by atoms with van der Waals surface area (Å²) < 4.78 is 5.43. The second-order valence-corrected chi connectivity index (χ2v) is 5.10. The van der Waals surface area contributed by atoms with Gasteiger partial charge in [-0.05, 0) is 38.3 Å². The second-order valence-electron chi connectivity index (χ2n) is 5.10. The number of esters is 1. The molecule has 4 nitrogen and oxygen atoms in total. The molecule has 0 aliphatic heterocycles. The molecule has 0 saturated heterocycles. The van der Waals surface area contributed by atoms with Crippen LogP contribution in [0, 0.1) is 17.2 Å². The van der Waals surface area contributed by atoms with E-state index in [-0.39, 0.29) is 17.8 Å². The van der Waals surface area contributed by atoms with Gasteiger partial charge in [0.2, 0.25) is 0 Å². The van der Waals surface area contributed by atoms with Crippen molar-refractivity contribution in [2.24, 2.45) is 5.92 Å². The third-order valence-electron chi connectivity index (χ3n) is 3.65. The summed E-state index contributed by atoms with van der Waals surface area (Å²) in [6, 6.07) is 8.61. The minimum absolute atomic E-state index is 0.0401. The fraction of sp³-hybridized carbons (Fsp3) is 0.438. The Hall–Kier alpha value is -2.15. The van der Waals surface area contributed by atoms with Crippen molar-refractivity contribution in [3.8, 4) is 6.07 Å². The Bertz CT molecular complexity index is 542. The molecule has 0 spiro atoms. The largest absolute Gasteiger partial charge is 0.457 e. The van der Waals surface area contributed by atoms with Crippen molar-refractivity contribution < 1.29 is 14.3 Å². The first-order chi connectivity index (χ1) is 9.61. The number of nitrogens with zero attached hydrogens (tertiary/aromatic N) is 1. The molecule has 1 aromatic carbocycles. The molecule has 1 saturated carbocycles. The lowest BCUT2D eigenvalue weighted by Gasteiger charge is -2.26. The fourth-order valence-corrected chi connectivity index (χ4v) is 2.43. The van der Waals surface area contributed by atoms with Crippen LogP contribution >= 0.6 is 0 Å². The number of hydrogen-bond acceptors (Lipinski definition) is 4. The zero-order chi connectivity index (χ0) is 14.5. The van der Waals surface area contributed by atoms with Crippen LogP contribution in [-0.2, 0) is 4.74 Å². The summed E-state index contributed by atoms with van der Waals surface area (Å²) in [5.74, 6) is -0.668. The van der Waals surface area contributed by atoms with Crippen LogP contribution < -0.4 is 0 Å². The van der Waals surface area contributed by atoms with E-state index < -0.39 is 5.97 Å². The Labute approximate surface area is 118 Å². The summed E-state index contributed by atoms with van der Waals surface area (Å²) in [6.07, 6.45) is 3.22. The first-order valence-electron chi connectivity index (χ1n) is 6.83. The maximum Gasteiger partial charge on any atom is 0.338 e. The Morgan fingerprint density at radius 1 is 1.15 bits per heavy atom. The predicted molar refractivity (Wildman–Crippen MR) is 73.2 cm³/mol. The Morgan fingerprint density at radius 2 is 1.75 bits per heavy atom. The molecule has 0 amide bonds. The number of Topliss-reactive ketones (excluding diaryl/α,β-unsaturated/α-hetero) is 1. The summed E-state index contributed by atoms with van der Waals surface area (Å²) in [4.78, 5) is 23.2. The number of ketones is 1. The summed E-state index contributed by atoms with van der Waals surface area (Å²) in [7, 11) is 0. The van der Waals surface area contributed by atoms with Crippen LogP contribution in [0.1, 0.15) is 53.3 Å². The van der Waals surface area contributed by atoms with Crippen molar-refractivity contribution in [1.29, 1.82) is 5.26 Å². The van der Waals surface area contributed by atoms with Crippen molar-refractivity contribution in [2.75, 3.05) is 0 Å². The quantitative estimate of drug-likeness (QED) is 0.625.